The van der Waals surface area contributed by atoms with Crippen molar-refractivity contribution in [2.45, 2.75) is 24.2 Å². The lowest BCUT2D eigenvalue weighted by Gasteiger charge is -2.44. The van der Waals surface area contributed by atoms with E-state index >= 15 is 0 Å². The quantitative estimate of drug-likeness (QED) is 0.578. The molecular weight excluding hydrogens is 420 g/mol. The average molecular weight is 445 g/mol. The molecule has 29 heavy (non-hydrogen) atoms. The lowest BCUT2D eigenvalue weighted by Crippen LogP contribution is -2.67. The molecule has 3 fully saturated rings. The van der Waals surface area contributed by atoms with Gasteiger partial charge in [-0.25, -0.2) is 16.8 Å². The minimum absolute atomic E-state index is 0.0397. The molecule has 4 rings (SSSR count). The van der Waals surface area contributed by atoms with E-state index in [1.54, 1.807) is 23.1 Å². The Morgan fingerprint density at radius 2 is 1.52 bits per heavy atom. The number of ketones is 1. The molecule has 3 aliphatic heterocycles. The van der Waals surface area contributed by atoms with Crippen LogP contribution in [0.2, 0.25) is 0 Å². The van der Waals surface area contributed by atoms with Crippen LogP contribution < -0.4 is 14.8 Å². The number of carbonyl (C=O) groups is 1. The summed E-state index contributed by atoms with van der Waals surface area (Å²) in [7, 11) is -3.51. The summed E-state index contributed by atoms with van der Waals surface area (Å²) in [5.41, 5.74) is 0.399. The van der Waals surface area contributed by atoms with Gasteiger partial charge in [-0.2, -0.15) is 0 Å². The number of sulfone groups is 2. The monoisotopic (exact) mass is 444 g/mol. The summed E-state index contributed by atoms with van der Waals surface area (Å²) in [6.45, 7) is -0.0511. The number of nitrogens with one attached hydrogen (secondary N) is 1. The van der Waals surface area contributed by atoms with Gasteiger partial charge >= 0.3 is 0 Å². The Hall–Kier alpha value is -1.69. The molecule has 160 valence electrons. The first-order valence-electron chi connectivity index (χ1n) is 9.30. The maximum absolute atomic E-state index is 13.0. The van der Waals surface area contributed by atoms with Crippen LogP contribution in [0.15, 0.2) is 18.2 Å². The van der Waals surface area contributed by atoms with Crippen molar-refractivity contribution in [2.24, 2.45) is 0 Å². The molecule has 0 aromatic heterocycles. The van der Waals surface area contributed by atoms with E-state index in [0.717, 1.165) is 0 Å². The molecule has 0 bridgehead atoms. The maximum Gasteiger partial charge on any atom is 0.176 e. The summed E-state index contributed by atoms with van der Waals surface area (Å²) in [4.78, 5) is 14.8. The Morgan fingerprint density at radius 3 is 2.03 bits per heavy atom. The predicted octanol–water partition coefficient (Wildman–Crippen LogP) is -0.877. The van der Waals surface area contributed by atoms with E-state index in [4.69, 9.17) is 9.47 Å². The number of carbonyl (C=O) groups excluding carboxylic acids is 1. The van der Waals surface area contributed by atoms with Gasteiger partial charge in [-0.15, -0.1) is 0 Å². The van der Waals surface area contributed by atoms with Gasteiger partial charge in [0.2, 0.25) is 0 Å². The zero-order valence-corrected chi connectivity index (χ0v) is 17.8. The van der Waals surface area contributed by atoms with E-state index in [1.165, 1.54) is 14.2 Å². The van der Waals surface area contributed by atoms with Crippen LogP contribution in [-0.2, 0) is 19.7 Å². The van der Waals surface area contributed by atoms with E-state index in [0.29, 0.717) is 17.1 Å². The van der Waals surface area contributed by atoms with E-state index < -0.39 is 31.8 Å². The van der Waals surface area contributed by atoms with Crippen LogP contribution in [0.1, 0.15) is 10.4 Å². The molecule has 3 saturated heterocycles. The Kier molecular flexibility index (Phi) is 5.12. The second-order valence-corrected chi connectivity index (χ2v) is 12.1. The van der Waals surface area contributed by atoms with Crippen molar-refractivity contribution in [2.75, 3.05) is 43.8 Å². The van der Waals surface area contributed by atoms with Gasteiger partial charge in [0.05, 0.1) is 43.8 Å². The molecule has 4 atom stereocenters. The fourth-order valence-electron chi connectivity index (χ4n) is 4.65. The lowest BCUT2D eigenvalue weighted by atomic mass is 9.96. The highest BCUT2D eigenvalue weighted by molar-refractivity contribution is 7.92. The maximum atomic E-state index is 13.0. The van der Waals surface area contributed by atoms with Crippen LogP contribution in [-0.4, -0.2) is 95.5 Å². The third kappa shape index (κ3) is 3.88. The molecule has 0 aliphatic carbocycles. The average Bonchev–Trinajstić information content (AvgIpc) is 3.13. The molecule has 3 heterocycles. The van der Waals surface area contributed by atoms with Gasteiger partial charge in [-0.3, -0.25) is 9.69 Å². The first-order valence-corrected chi connectivity index (χ1v) is 12.9. The number of hydrogen-bond donors (Lipinski definition) is 1. The number of benzene rings is 1. The van der Waals surface area contributed by atoms with Gasteiger partial charge in [0, 0.05) is 29.7 Å². The number of methoxy groups -OCH3 is 2. The summed E-state index contributed by atoms with van der Waals surface area (Å²) in [5.74, 6) is 0.458. The third-order valence-electron chi connectivity index (χ3n) is 5.96. The fraction of sp³-hybridized carbons (Fsp3) is 0.611. The molecule has 11 heteroatoms. The molecule has 1 aromatic carbocycles. The Balaban J connectivity index is 1.63. The lowest BCUT2D eigenvalue weighted by molar-refractivity contribution is 0.0617. The molecule has 0 radical (unpaired) electrons. The number of ether oxygens (including phenoxy) is 2. The summed E-state index contributed by atoms with van der Waals surface area (Å²) < 4.78 is 59.2. The molecular formula is C18H24N2O7S2. The van der Waals surface area contributed by atoms with Crippen LogP contribution in [0.4, 0.5) is 0 Å². The molecule has 0 saturated carbocycles. The predicted molar refractivity (Wildman–Crippen MR) is 106 cm³/mol. The number of Topliss-reactive ketones (excluding diaryl/α,β-unsaturated/α-hetero) is 1. The van der Waals surface area contributed by atoms with Crippen molar-refractivity contribution >= 4 is 25.5 Å². The van der Waals surface area contributed by atoms with Crippen LogP contribution in [0.25, 0.3) is 0 Å². The fourth-order valence-corrected chi connectivity index (χ4v) is 8.54. The largest absolute Gasteiger partial charge is 0.493 e. The van der Waals surface area contributed by atoms with Gasteiger partial charge in [0.1, 0.15) is 0 Å². The van der Waals surface area contributed by atoms with Crippen molar-refractivity contribution in [1.82, 2.24) is 10.2 Å². The van der Waals surface area contributed by atoms with E-state index in [1.807, 2.05) is 0 Å². The van der Waals surface area contributed by atoms with Crippen molar-refractivity contribution in [3.63, 3.8) is 0 Å². The van der Waals surface area contributed by atoms with Crippen LogP contribution >= 0.6 is 0 Å². The standard InChI is InChI=1S/C18H24N2O7S2/c1-26-17-4-3-11(5-18(17)27-2)16(21)6-20-14-9-28(22,23)7-12(14)19-13-8-29(24,25)10-15(13)20/h3-5,12-15,19H,6-10H2,1-2H3/t12-,13-,14+,15+/m0/s1. The highest BCUT2D eigenvalue weighted by Gasteiger charge is 2.54. The first-order chi connectivity index (χ1) is 13.6. The van der Waals surface area contributed by atoms with Crippen LogP contribution in [0.5, 0.6) is 11.5 Å². The van der Waals surface area contributed by atoms with Crippen LogP contribution in [0, 0.1) is 0 Å². The van der Waals surface area contributed by atoms with E-state index in [-0.39, 0.29) is 47.4 Å². The second kappa shape index (κ2) is 7.22. The van der Waals surface area contributed by atoms with Gasteiger partial charge in [-0.1, -0.05) is 0 Å². The SMILES string of the molecule is COc1ccc(C(=O)CN2[C@@H]3CS(=O)(=O)C[C@@H]3N[C@H]3CS(=O)(=O)C[C@H]32)cc1OC. The number of piperazine rings is 1. The minimum Gasteiger partial charge on any atom is -0.493 e. The summed E-state index contributed by atoms with van der Waals surface area (Å²) in [5, 5.41) is 3.22. The zero-order valence-electron chi connectivity index (χ0n) is 16.2. The van der Waals surface area contributed by atoms with Crippen molar-refractivity contribution in [3.8, 4) is 11.5 Å². The molecule has 0 unspecified atom stereocenters. The number of nitrogens with zero attached hydrogens (tertiary/aromatic N) is 1. The Bertz CT molecular complexity index is 990. The topological polar surface area (TPSA) is 119 Å². The number of fused-ring (bicyclic) bond motifs is 2. The van der Waals surface area contributed by atoms with Gasteiger partial charge in [-0.05, 0) is 18.2 Å². The van der Waals surface area contributed by atoms with Crippen molar-refractivity contribution in [3.05, 3.63) is 23.8 Å². The highest BCUT2D eigenvalue weighted by atomic mass is 32.2. The smallest absolute Gasteiger partial charge is 0.176 e. The van der Waals surface area contributed by atoms with Crippen molar-refractivity contribution in [1.29, 1.82) is 0 Å². The molecule has 9 nitrogen and oxygen atoms in total. The number of rotatable bonds is 5. The zero-order chi connectivity index (χ0) is 21.0. The van der Waals surface area contributed by atoms with E-state index in [9.17, 15) is 21.6 Å². The molecule has 0 spiro atoms. The molecule has 3 aliphatic rings. The van der Waals surface area contributed by atoms with Crippen LogP contribution in [0.3, 0.4) is 0 Å². The van der Waals surface area contributed by atoms with Gasteiger partial charge in [0.15, 0.2) is 37.0 Å². The minimum atomic E-state index is -3.24. The number of hydrogen-bond acceptors (Lipinski definition) is 9. The summed E-state index contributed by atoms with van der Waals surface area (Å²) in [6.07, 6.45) is 0. The second-order valence-electron chi connectivity index (χ2n) is 7.83. The van der Waals surface area contributed by atoms with E-state index in [2.05, 4.69) is 5.32 Å². The summed E-state index contributed by atoms with van der Waals surface area (Å²) >= 11 is 0. The van der Waals surface area contributed by atoms with Gasteiger partial charge in [0.25, 0.3) is 0 Å². The van der Waals surface area contributed by atoms with Gasteiger partial charge < -0.3 is 14.8 Å². The third-order valence-corrected chi connectivity index (χ3v) is 9.39. The molecule has 1 aromatic rings. The Labute approximate surface area is 170 Å². The highest BCUT2D eigenvalue weighted by Crippen LogP contribution is 2.32. The Morgan fingerprint density at radius 1 is 0.966 bits per heavy atom. The van der Waals surface area contributed by atoms with Crippen molar-refractivity contribution < 1.29 is 31.1 Å². The molecule has 1 N–H and O–H groups in total. The summed E-state index contributed by atoms with van der Waals surface area (Å²) in [6, 6.07) is 3.26. The molecule has 0 amide bonds. The normalized spacial score (nSPS) is 32.3. The first kappa shape index (κ1) is 20.6.